The molecule has 3 rings (SSSR count). The van der Waals surface area contributed by atoms with Crippen molar-refractivity contribution in [3.8, 4) is 5.75 Å². The number of benzene rings is 2. The summed E-state index contributed by atoms with van der Waals surface area (Å²) in [5, 5.41) is 7.50. The molecule has 0 radical (unpaired) electrons. The van der Waals surface area contributed by atoms with E-state index in [0.29, 0.717) is 33.8 Å². The molecule has 0 aliphatic rings. The lowest BCUT2D eigenvalue weighted by molar-refractivity contribution is -0.113. The van der Waals surface area contributed by atoms with E-state index >= 15 is 0 Å². The summed E-state index contributed by atoms with van der Waals surface area (Å²) in [5.41, 5.74) is 1.73. The zero-order valence-corrected chi connectivity index (χ0v) is 16.8. The van der Waals surface area contributed by atoms with Gasteiger partial charge in [0.25, 0.3) is 0 Å². The minimum absolute atomic E-state index is 0.135. The van der Waals surface area contributed by atoms with Gasteiger partial charge in [-0.05, 0) is 29.8 Å². The molecule has 1 heterocycles. The first-order chi connectivity index (χ1) is 13.6. The number of thioether (sulfide) groups is 1. The van der Waals surface area contributed by atoms with Gasteiger partial charge in [-0.1, -0.05) is 47.6 Å². The number of carbonyl (C=O) groups excluding carboxylic acids is 1. The molecule has 1 amide bonds. The molecule has 6 nitrogen and oxygen atoms in total. The van der Waals surface area contributed by atoms with Crippen LogP contribution in [-0.2, 0) is 11.3 Å². The van der Waals surface area contributed by atoms with Gasteiger partial charge in [0, 0.05) is 17.6 Å². The fourth-order valence-electron chi connectivity index (χ4n) is 2.38. The van der Waals surface area contributed by atoms with Gasteiger partial charge < -0.3 is 15.4 Å². The zero-order chi connectivity index (χ0) is 19.8. The number of methoxy groups -OCH3 is 1. The van der Waals surface area contributed by atoms with Crippen molar-refractivity contribution in [2.45, 2.75) is 11.6 Å². The largest absolute Gasteiger partial charge is 0.495 e. The first kappa shape index (κ1) is 20.0. The Morgan fingerprint density at radius 1 is 1.14 bits per heavy atom. The number of para-hydroxylation sites is 2. The Bertz CT molecular complexity index is 937. The minimum Gasteiger partial charge on any atom is -0.495 e. The summed E-state index contributed by atoms with van der Waals surface area (Å²) >= 11 is 7.23. The van der Waals surface area contributed by atoms with Crippen molar-refractivity contribution < 1.29 is 9.53 Å². The Morgan fingerprint density at radius 3 is 2.71 bits per heavy atom. The van der Waals surface area contributed by atoms with Crippen LogP contribution in [0.5, 0.6) is 5.75 Å². The number of amides is 1. The van der Waals surface area contributed by atoms with Crippen molar-refractivity contribution in [2.75, 3.05) is 23.5 Å². The van der Waals surface area contributed by atoms with E-state index in [1.807, 2.05) is 42.5 Å². The van der Waals surface area contributed by atoms with Gasteiger partial charge >= 0.3 is 0 Å². The summed E-state index contributed by atoms with van der Waals surface area (Å²) in [6, 6.07) is 16.7. The van der Waals surface area contributed by atoms with Crippen LogP contribution in [0, 0.1) is 0 Å². The average Bonchev–Trinajstić information content (AvgIpc) is 2.72. The van der Waals surface area contributed by atoms with E-state index in [1.165, 1.54) is 18.1 Å². The molecule has 0 fully saturated rings. The molecule has 0 bridgehead atoms. The van der Waals surface area contributed by atoms with Crippen molar-refractivity contribution in [1.82, 2.24) is 9.97 Å². The Kier molecular flexibility index (Phi) is 7.11. The van der Waals surface area contributed by atoms with Crippen LogP contribution in [0.25, 0.3) is 0 Å². The molecule has 0 aliphatic carbocycles. The highest BCUT2D eigenvalue weighted by molar-refractivity contribution is 7.99. The number of halogens is 1. The van der Waals surface area contributed by atoms with Gasteiger partial charge in [-0.25, -0.2) is 9.97 Å². The number of ether oxygens (including phenoxy) is 1. The molecule has 2 N–H and O–H groups in total. The highest BCUT2D eigenvalue weighted by Crippen LogP contribution is 2.24. The van der Waals surface area contributed by atoms with E-state index in [9.17, 15) is 4.79 Å². The van der Waals surface area contributed by atoms with Crippen LogP contribution in [0.3, 0.4) is 0 Å². The lowest BCUT2D eigenvalue weighted by atomic mass is 10.2. The molecule has 8 heteroatoms. The van der Waals surface area contributed by atoms with Crippen LogP contribution in [-0.4, -0.2) is 28.7 Å². The van der Waals surface area contributed by atoms with Crippen molar-refractivity contribution >= 4 is 40.8 Å². The number of rotatable bonds is 8. The fraction of sp³-hybridized carbons (Fsp3) is 0.150. The number of hydrogen-bond donors (Lipinski definition) is 2. The van der Waals surface area contributed by atoms with Gasteiger partial charge in [0.2, 0.25) is 5.91 Å². The van der Waals surface area contributed by atoms with Gasteiger partial charge in [-0.3, -0.25) is 4.79 Å². The van der Waals surface area contributed by atoms with Gasteiger partial charge in [0.05, 0.1) is 18.6 Å². The van der Waals surface area contributed by atoms with E-state index in [2.05, 4.69) is 20.6 Å². The third kappa shape index (κ3) is 5.87. The van der Waals surface area contributed by atoms with Crippen LogP contribution in [0.4, 0.5) is 11.5 Å². The second kappa shape index (κ2) is 9.96. The molecule has 0 aliphatic heterocycles. The third-order valence-corrected chi connectivity index (χ3v) is 4.94. The number of hydrogen-bond acceptors (Lipinski definition) is 6. The molecule has 144 valence electrons. The van der Waals surface area contributed by atoms with Crippen molar-refractivity contribution in [3.05, 3.63) is 71.5 Å². The standard InChI is InChI=1S/C20H19ClN4O2S/c1-27-17-5-3-2-4-16(17)25-19(26)12-28-20-10-18(23-13-24-20)22-11-14-6-8-15(21)9-7-14/h2-10,13H,11-12H2,1H3,(H,25,26)(H,22,23,24). The minimum atomic E-state index is -0.135. The summed E-state index contributed by atoms with van der Waals surface area (Å²) in [4.78, 5) is 20.6. The monoisotopic (exact) mass is 414 g/mol. The molecule has 28 heavy (non-hydrogen) atoms. The number of carbonyl (C=O) groups is 1. The van der Waals surface area contributed by atoms with Gasteiger partial charge in [0.1, 0.15) is 22.9 Å². The number of nitrogens with one attached hydrogen (secondary N) is 2. The third-order valence-electron chi connectivity index (χ3n) is 3.76. The van der Waals surface area contributed by atoms with Gasteiger partial charge in [-0.15, -0.1) is 0 Å². The lowest BCUT2D eigenvalue weighted by Gasteiger charge is -2.10. The predicted octanol–water partition coefficient (Wildman–Crippen LogP) is 4.48. The summed E-state index contributed by atoms with van der Waals surface area (Å²) in [6.07, 6.45) is 1.48. The second-order valence-corrected chi connectivity index (χ2v) is 7.19. The van der Waals surface area contributed by atoms with Crippen LogP contribution in [0.1, 0.15) is 5.56 Å². The molecule has 0 saturated carbocycles. The predicted molar refractivity (Wildman–Crippen MR) is 113 cm³/mol. The van der Waals surface area contributed by atoms with E-state index in [4.69, 9.17) is 16.3 Å². The Labute approximate surface area is 172 Å². The molecule has 2 aromatic carbocycles. The molecule has 0 atom stereocenters. The van der Waals surface area contributed by atoms with Crippen LogP contribution in [0.2, 0.25) is 5.02 Å². The second-order valence-electron chi connectivity index (χ2n) is 5.76. The van der Waals surface area contributed by atoms with Crippen molar-refractivity contribution in [1.29, 1.82) is 0 Å². The molecular weight excluding hydrogens is 396 g/mol. The summed E-state index contributed by atoms with van der Waals surface area (Å²) < 4.78 is 5.24. The summed E-state index contributed by atoms with van der Waals surface area (Å²) in [5.74, 6) is 1.41. The fourth-order valence-corrected chi connectivity index (χ4v) is 3.18. The number of nitrogens with zero attached hydrogens (tertiary/aromatic N) is 2. The lowest BCUT2D eigenvalue weighted by Crippen LogP contribution is -2.14. The van der Waals surface area contributed by atoms with Gasteiger partial charge in [0.15, 0.2) is 0 Å². The molecule has 3 aromatic rings. The number of aromatic nitrogens is 2. The van der Waals surface area contributed by atoms with Gasteiger partial charge in [-0.2, -0.15) is 0 Å². The maximum atomic E-state index is 12.2. The van der Waals surface area contributed by atoms with Crippen LogP contribution in [0.15, 0.2) is 66.0 Å². The highest BCUT2D eigenvalue weighted by Gasteiger charge is 2.08. The van der Waals surface area contributed by atoms with Crippen LogP contribution < -0.4 is 15.4 Å². The molecule has 1 aromatic heterocycles. The summed E-state index contributed by atoms with van der Waals surface area (Å²) in [6.45, 7) is 0.618. The van der Waals surface area contributed by atoms with Crippen molar-refractivity contribution in [3.63, 3.8) is 0 Å². The maximum absolute atomic E-state index is 12.2. The first-order valence-corrected chi connectivity index (χ1v) is 9.86. The van der Waals surface area contributed by atoms with Crippen LogP contribution >= 0.6 is 23.4 Å². The normalized spacial score (nSPS) is 10.4. The number of anilines is 2. The molecular formula is C20H19ClN4O2S. The molecule has 0 saturated heterocycles. The Morgan fingerprint density at radius 2 is 1.93 bits per heavy atom. The Balaban J connectivity index is 1.52. The van der Waals surface area contributed by atoms with E-state index < -0.39 is 0 Å². The summed E-state index contributed by atoms with van der Waals surface area (Å²) in [7, 11) is 1.57. The van der Waals surface area contributed by atoms with E-state index in [1.54, 1.807) is 19.2 Å². The average molecular weight is 415 g/mol. The van der Waals surface area contributed by atoms with Crippen molar-refractivity contribution in [2.24, 2.45) is 0 Å². The first-order valence-electron chi connectivity index (χ1n) is 8.50. The molecule has 0 spiro atoms. The Hall–Kier alpha value is -2.77. The maximum Gasteiger partial charge on any atom is 0.234 e. The topological polar surface area (TPSA) is 76.1 Å². The van der Waals surface area contributed by atoms with E-state index in [-0.39, 0.29) is 11.7 Å². The highest BCUT2D eigenvalue weighted by atomic mass is 35.5. The smallest absolute Gasteiger partial charge is 0.234 e. The SMILES string of the molecule is COc1ccccc1NC(=O)CSc1cc(NCc2ccc(Cl)cc2)ncn1. The zero-order valence-electron chi connectivity index (χ0n) is 15.2. The quantitative estimate of drug-likeness (QED) is 0.418. The molecule has 0 unspecified atom stereocenters. The van der Waals surface area contributed by atoms with E-state index in [0.717, 1.165) is 5.56 Å².